The molecule has 0 aliphatic rings. The van der Waals surface area contributed by atoms with Crippen LogP contribution in [0.15, 0.2) is 43.0 Å². The molecule has 0 radical (unpaired) electrons. The Morgan fingerprint density at radius 1 is 1.24 bits per heavy atom. The van der Waals surface area contributed by atoms with Crippen LogP contribution in [0.3, 0.4) is 0 Å². The maximum atomic E-state index is 11.7. The van der Waals surface area contributed by atoms with E-state index < -0.39 is 0 Å². The second-order valence-electron chi connectivity index (χ2n) is 4.03. The van der Waals surface area contributed by atoms with E-state index in [2.05, 4.69) is 27.4 Å². The van der Waals surface area contributed by atoms with Gasteiger partial charge in [-0.15, -0.1) is 16.8 Å². The molecule has 1 aromatic carbocycles. The van der Waals surface area contributed by atoms with Crippen LogP contribution in [-0.4, -0.2) is 22.6 Å². The largest absolute Gasteiger partial charge is 0.347 e. The van der Waals surface area contributed by atoms with Crippen molar-refractivity contribution in [3.05, 3.63) is 58.7 Å². The smallest absolute Gasteiger partial charge is 0.272 e. The fraction of sp³-hybridized carbons (Fsp3) is 0.0714. The molecule has 0 fully saturated rings. The molecule has 1 amide bonds. The average Bonchev–Trinajstić information content (AvgIpc) is 2.50. The van der Waals surface area contributed by atoms with Gasteiger partial charge in [-0.1, -0.05) is 35.3 Å². The number of benzene rings is 1. The van der Waals surface area contributed by atoms with Gasteiger partial charge in [0.25, 0.3) is 5.91 Å². The summed E-state index contributed by atoms with van der Waals surface area (Å²) in [6.07, 6.45) is 1.59. The third kappa shape index (κ3) is 3.93. The fourth-order valence-electron chi connectivity index (χ4n) is 1.51. The van der Waals surface area contributed by atoms with Gasteiger partial charge < -0.3 is 10.6 Å². The molecule has 2 rings (SSSR count). The van der Waals surface area contributed by atoms with Gasteiger partial charge in [-0.25, -0.2) is 0 Å². The van der Waals surface area contributed by atoms with E-state index in [-0.39, 0.29) is 11.6 Å². The lowest BCUT2D eigenvalue weighted by molar-refractivity contribution is 0.0952. The minimum atomic E-state index is -0.310. The van der Waals surface area contributed by atoms with Gasteiger partial charge in [0.2, 0.25) is 0 Å². The van der Waals surface area contributed by atoms with Crippen LogP contribution in [0.5, 0.6) is 0 Å². The number of nitrogens with one attached hydrogen (secondary N) is 2. The van der Waals surface area contributed by atoms with Gasteiger partial charge in [0.1, 0.15) is 0 Å². The molecule has 5 nitrogen and oxygen atoms in total. The van der Waals surface area contributed by atoms with Gasteiger partial charge in [-0.05, 0) is 24.3 Å². The second kappa shape index (κ2) is 7.06. The van der Waals surface area contributed by atoms with E-state index in [0.29, 0.717) is 28.1 Å². The molecule has 21 heavy (non-hydrogen) atoms. The van der Waals surface area contributed by atoms with Crippen molar-refractivity contribution in [1.82, 2.24) is 15.5 Å². The highest BCUT2D eigenvalue weighted by Crippen LogP contribution is 2.31. The molecule has 0 saturated carbocycles. The maximum absolute atomic E-state index is 11.7. The molecule has 0 atom stereocenters. The number of amides is 1. The van der Waals surface area contributed by atoms with E-state index in [9.17, 15) is 4.79 Å². The van der Waals surface area contributed by atoms with Gasteiger partial charge in [0.15, 0.2) is 11.5 Å². The van der Waals surface area contributed by atoms with Crippen LogP contribution in [0, 0.1) is 0 Å². The Morgan fingerprint density at radius 2 is 2.05 bits per heavy atom. The number of halogens is 2. The lowest BCUT2D eigenvalue weighted by Crippen LogP contribution is -2.24. The minimum absolute atomic E-state index is 0.222. The average molecular weight is 323 g/mol. The summed E-state index contributed by atoms with van der Waals surface area (Å²) >= 11 is 12.0. The van der Waals surface area contributed by atoms with Crippen molar-refractivity contribution >= 4 is 40.6 Å². The van der Waals surface area contributed by atoms with Crippen molar-refractivity contribution in [3.63, 3.8) is 0 Å². The summed E-state index contributed by atoms with van der Waals surface area (Å²) in [6.45, 7) is 3.89. The zero-order chi connectivity index (χ0) is 15.2. The van der Waals surface area contributed by atoms with Gasteiger partial charge in [0, 0.05) is 6.54 Å². The molecule has 1 aromatic heterocycles. The molecular weight excluding hydrogens is 311 g/mol. The lowest BCUT2D eigenvalue weighted by atomic mass is 10.3. The summed E-state index contributed by atoms with van der Waals surface area (Å²) in [5, 5.41) is 14.2. The number of anilines is 2. The van der Waals surface area contributed by atoms with Crippen LogP contribution in [0.4, 0.5) is 11.5 Å². The predicted molar refractivity (Wildman–Crippen MR) is 84.3 cm³/mol. The number of carbonyl (C=O) groups excluding carboxylic acids is 1. The summed E-state index contributed by atoms with van der Waals surface area (Å²) in [7, 11) is 0. The SMILES string of the molecule is C=CCNC(=O)c1ccc(Nc2cccc(Cl)c2Cl)nn1. The highest BCUT2D eigenvalue weighted by Gasteiger charge is 2.08. The number of hydrogen-bond acceptors (Lipinski definition) is 4. The van der Waals surface area contributed by atoms with E-state index >= 15 is 0 Å². The first-order valence-electron chi connectivity index (χ1n) is 6.05. The van der Waals surface area contributed by atoms with Crippen molar-refractivity contribution in [3.8, 4) is 0 Å². The molecule has 0 unspecified atom stereocenters. The highest BCUT2D eigenvalue weighted by molar-refractivity contribution is 6.43. The Hall–Kier alpha value is -2.11. The van der Waals surface area contributed by atoms with Gasteiger partial charge in [-0.3, -0.25) is 4.79 Å². The summed E-state index contributed by atoms with van der Waals surface area (Å²) in [6, 6.07) is 8.41. The summed E-state index contributed by atoms with van der Waals surface area (Å²) in [4.78, 5) is 11.7. The topological polar surface area (TPSA) is 66.9 Å². The van der Waals surface area contributed by atoms with Crippen molar-refractivity contribution < 1.29 is 4.79 Å². The van der Waals surface area contributed by atoms with Gasteiger partial charge >= 0.3 is 0 Å². The third-order valence-corrected chi connectivity index (χ3v) is 3.34. The van der Waals surface area contributed by atoms with Crippen molar-refractivity contribution in [2.75, 3.05) is 11.9 Å². The molecule has 0 aliphatic heterocycles. The molecule has 1 heterocycles. The Bertz CT molecular complexity index is 659. The van der Waals surface area contributed by atoms with Crippen molar-refractivity contribution in [2.45, 2.75) is 0 Å². The molecule has 0 saturated heterocycles. The minimum Gasteiger partial charge on any atom is -0.347 e. The van der Waals surface area contributed by atoms with Crippen LogP contribution in [0.25, 0.3) is 0 Å². The maximum Gasteiger partial charge on any atom is 0.272 e. The molecule has 7 heteroatoms. The van der Waals surface area contributed by atoms with E-state index in [4.69, 9.17) is 23.2 Å². The lowest BCUT2D eigenvalue weighted by Gasteiger charge is -2.08. The molecule has 2 aromatic rings. The molecule has 0 spiro atoms. The van der Waals surface area contributed by atoms with Crippen LogP contribution in [0.1, 0.15) is 10.5 Å². The normalized spacial score (nSPS) is 10.0. The molecule has 0 aliphatic carbocycles. The Labute approximate surface area is 132 Å². The van der Waals surface area contributed by atoms with Crippen LogP contribution < -0.4 is 10.6 Å². The van der Waals surface area contributed by atoms with Crippen LogP contribution in [-0.2, 0) is 0 Å². The van der Waals surface area contributed by atoms with Crippen molar-refractivity contribution in [1.29, 1.82) is 0 Å². The molecule has 2 N–H and O–H groups in total. The summed E-state index contributed by atoms with van der Waals surface area (Å²) < 4.78 is 0. The first-order chi connectivity index (χ1) is 10.1. The Morgan fingerprint density at radius 3 is 2.71 bits per heavy atom. The summed E-state index contributed by atoms with van der Waals surface area (Å²) in [5.74, 6) is 0.147. The number of rotatable bonds is 5. The monoisotopic (exact) mass is 322 g/mol. The standard InChI is InChI=1S/C14H12Cl2N4O/c1-2-8-17-14(21)11-6-7-12(20-19-11)18-10-5-3-4-9(15)13(10)16/h2-7H,1,8H2,(H,17,21)(H,18,20). The second-order valence-corrected chi connectivity index (χ2v) is 4.81. The highest BCUT2D eigenvalue weighted by atomic mass is 35.5. The quantitative estimate of drug-likeness (QED) is 0.827. The fourth-order valence-corrected chi connectivity index (χ4v) is 1.86. The third-order valence-electron chi connectivity index (χ3n) is 2.52. The molecule has 108 valence electrons. The predicted octanol–water partition coefficient (Wildman–Crippen LogP) is 3.44. The Balaban J connectivity index is 2.10. The van der Waals surface area contributed by atoms with Crippen LogP contribution in [0.2, 0.25) is 10.0 Å². The van der Waals surface area contributed by atoms with E-state index in [0.717, 1.165) is 0 Å². The first-order valence-corrected chi connectivity index (χ1v) is 6.81. The van der Waals surface area contributed by atoms with Crippen LogP contribution >= 0.6 is 23.2 Å². The van der Waals surface area contributed by atoms with E-state index in [1.165, 1.54) is 0 Å². The first kappa shape index (κ1) is 15.3. The molecule has 0 bridgehead atoms. The zero-order valence-electron chi connectivity index (χ0n) is 10.9. The van der Waals surface area contributed by atoms with Crippen molar-refractivity contribution in [2.24, 2.45) is 0 Å². The number of carbonyl (C=O) groups is 1. The van der Waals surface area contributed by atoms with Gasteiger partial charge in [0.05, 0.1) is 15.7 Å². The van der Waals surface area contributed by atoms with E-state index in [1.54, 1.807) is 36.4 Å². The number of nitrogens with zero attached hydrogens (tertiary/aromatic N) is 2. The number of aromatic nitrogens is 2. The Kier molecular flexibility index (Phi) is 5.14. The summed E-state index contributed by atoms with van der Waals surface area (Å²) in [5.41, 5.74) is 0.835. The van der Waals surface area contributed by atoms with Gasteiger partial charge in [-0.2, -0.15) is 0 Å². The zero-order valence-corrected chi connectivity index (χ0v) is 12.4. The number of hydrogen-bond donors (Lipinski definition) is 2. The molecular formula is C14H12Cl2N4O. The van der Waals surface area contributed by atoms with E-state index in [1.807, 2.05) is 0 Å².